The zero-order valence-corrected chi connectivity index (χ0v) is 10.0. The quantitative estimate of drug-likeness (QED) is 0.738. The number of rotatable bonds is 3. The number of nitriles is 1. The Kier molecular flexibility index (Phi) is 4.20. The number of hydrogen-bond acceptors (Lipinski definition) is 3. The molecule has 0 aromatic rings. The topological polar surface area (TPSA) is 42.2 Å². The Balaban J connectivity index is 1.78. The van der Waals surface area contributed by atoms with Crippen LogP contribution >= 0.6 is 0 Å². The number of nitrogens with zero attached hydrogens (tertiary/aromatic N) is 1. The summed E-state index contributed by atoms with van der Waals surface area (Å²) in [6.45, 7) is 3.79. The Hall–Kier alpha value is -0.590. The molecule has 0 bridgehead atoms. The normalized spacial score (nSPS) is 39.5. The van der Waals surface area contributed by atoms with E-state index in [4.69, 9.17) is 14.7 Å². The van der Waals surface area contributed by atoms with E-state index in [-0.39, 0.29) is 18.1 Å². The molecule has 1 aliphatic carbocycles. The van der Waals surface area contributed by atoms with Gasteiger partial charge in [0.1, 0.15) is 0 Å². The van der Waals surface area contributed by atoms with E-state index in [9.17, 15) is 0 Å². The lowest BCUT2D eigenvalue weighted by molar-refractivity contribution is -0.0529. The molecule has 1 saturated carbocycles. The van der Waals surface area contributed by atoms with Crippen LogP contribution in [0.1, 0.15) is 39.0 Å². The van der Waals surface area contributed by atoms with Crippen LogP contribution in [0.25, 0.3) is 0 Å². The highest BCUT2D eigenvalue weighted by Crippen LogP contribution is 2.31. The molecule has 3 nitrogen and oxygen atoms in total. The Labute approximate surface area is 97.7 Å². The van der Waals surface area contributed by atoms with Gasteiger partial charge in [0.2, 0.25) is 0 Å². The van der Waals surface area contributed by atoms with Gasteiger partial charge in [-0.25, -0.2) is 0 Å². The molecule has 3 heteroatoms. The predicted octanol–water partition coefficient (Wildman–Crippen LogP) is 2.51. The first-order chi connectivity index (χ1) is 7.79. The molecule has 0 amide bonds. The third kappa shape index (κ3) is 2.96. The van der Waals surface area contributed by atoms with Crippen molar-refractivity contribution in [1.82, 2.24) is 0 Å². The zero-order valence-electron chi connectivity index (χ0n) is 10.0. The Bertz CT molecular complexity index is 255. The van der Waals surface area contributed by atoms with Crippen LogP contribution in [0.3, 0.4) is 0 Å². The fourth-order valence-corrected chi connectivity index (χ4v) is 2.67. The summed E-state index contributed by atoms with van der Waals surface area (Å²) in [6.07, 6.45) is 5.86. The Morgan fingerprint density at radius 2 is 2.25 bits per heavy atom. The lowest BCUT2D eigenvalue weighted by atomic mass is 9.81. The number of hydrogen-bond donors (Lipinski definition) is 0. The van der Waals surface area contributed by atoms with Crippen LogP contribution in [-0.2, 0) is 9.47 Å². The van der Waals surface area contributed by atoms with E-state index in [0.29, 0.717) is 12.5 Å². The molecule has 0 radical (unpaired) electrons. The van der Waals surface area contributed by atoms with Gasteiger partial charge in [-0.15, -0.1) is 0 Å². The summed E-state index contributed by atoms with van der Waals surface area (Å²) in [5.74, 6) is 0.789. The molecular weight excluding hydrogens is 202 g/mol. The summed E-state index contributed by atoms with van der Waals surface area (Å²) in [7, 11) is 0. The van der Waals surface area contributed by atoms with E-state index >= 15 is 0 Å². The highest BCUT2D eigenvalue weighted by Gasteiger charge is 2.30. The molecule has 1 heterocycles. The van der Waals surface area contributed by atoms with Crippen LogP contribution < -0.4 is 0 Å². The van der Waals surface area contributed by atoms with E-state index in [1.165, 1.54) is 0 Å². The maximum Gasteiger partial charge on any atom is 0.0809 e. The van der Waals surface area contributed by atoms with Crippen LogP contribution in [0.5, 0.6) is 0 Å². The summed E-state index contributed by atoms with van der Waals surface area (Å²) in [5, 5.41) is 9.08. The summed E-state index contributed by atoms with van der Waals surface area (Å²) in [6, 6.07) is 2.38. The standard InChI is InChI=1S/C13H21NO2/c1-10-4-5-11(8-14)13(7-10)16-9-12-3-2-6-15-12/h10-13H,2-7,9H2,1H3. The summed E-state index contributed by atoms with van der Waals surface area (Å²) < 4.78 is 11.4. The van der Waals surface area contributed by atoms with Crippen molar-refractivity contribution in [2.75, 3.05) is 13.2 Å². The molecular formula is C13H21NO2. The Morgan fingerprint density at radius 1 is 1.38 bits per heavy atom. The first kappa shape index (κ1) is 11.9. The molecule has 0 aromatic carbocycles. The van der Waals surface area contributed by atoms with E-state index in [0.717, 1.165) is 38.7 Å². The van der Waals surface area contributed by atoms with Crippen LogP contribution in [0, 0.1) is 23.2 Å². The first-order valence-electron chi connectivity index (χ1n) is 6.42. The van der Waals surface area contributed by atoms with Crippen molar-refractivity contribution in [2.45, 2.75) is 51.2 Å². The largest absolute Gasteiger partial charge is 0.376 e. The van der Waals surface area contributed by atoms with Crippen molar-refractivity contribution in [1.29, 1.82) is 5.26 Å². The maximum absolute atomic E-state index is 9.08. The molecule has 1 saturated heterocycles. The Morgan fingerprint density at radius 3 is 2.94 bits per heavy atom. The van der Waals surface area contributed by atoms with Gasteiger partial charge in [0.25, 0.3) is 0 Å². The highest BCUT2D eigenvalue weighted by molar-refractivity contribution is 4.93. The van der Waals surface area contributed by atoms with E-state index in [2.05, 4.69) is 13.0 Å². The summed E-state index contributed by atoms with van der Waals surface area (Å²) in [5.41, 5.74) is 0. The summed E-state index contributed by atoms with van der Waals surface area (Å²) in [4.78, 5) is 0. The van der Waals surface area contributed by atoms with Crippen molar-refractivity contribution in [3.63, 3.8) is 0 Å². The van der Waals surface area contributed by atoms with Gasteiger partial charge >= 0.3 is 0 Å². The molecule has 0 aromatic heterocycles. The van der Waals surface area contributed by atoms with Gasteiger partial charge in [-0.3, -0.25) is 0 Å². The van der Waals surface area contributed by atoms with E-state index in [1.54, 1.807) is 0 Å². The highest BCUT2D eigenvalue weighted by atomic mass is 16.5. The van der Waals surface area contributed by atoms with Crippen molar-refractivity contribution < 1.29 is 9.47 Å². The molecule has 90 valence electrons. The fraction of sp³-hybridized carbons (Fsp3) is 0.923. The first-order valence-corrected chi connectivity index (χ1v) is 6.42. The lowest BCUT2D eigenvalue weighted by Crippen LogP contribution is -2.32. The SMILES string of the molecule is CC1CCC(C#N)C(OCC2CCCO2)C1. The minimum atomic E-state index is 0.0950. The monoisotopic (exact) mass is 223 g/mol. The molecule has 4 unspecified atom stereocenters. The molecule has 0 spiro atoms. The van der Waals surface area contributed by atoms with E-state index in [1.807, 2.05) is 0 Å². The van der Waals surface area contributed by atoms with Crippen LogP contribution in [0.2, 0.25) is 0 Å². The van der Waals surface area contributed by atoms with Gasteiger partial charge in [-0.2, -0.15) is 5.26 Å². The molecule has 1 aliphatic heterocycles. The average molecular weight is 223 g/mol. The predicted molar refractivity (Wildman–Crippen MR) is 60.8 cm³/mol. The molecule has 0 N–H and O–H groups in total. The molecule has 2 rings (SSSR count). The van der Waals surface area contributed by atoms with Gasteiger partial charge in [0, 0.05) is 6.61 Å². The van der Waals surface area contributed by atoms with Gasteiger partial charge in [0.05, 0.1) is 30.8 Å². The van der Waals surface area contributed by atoms with Crippen LogP contribution in [0.4, 0.5) is 0 Å². The minimum Gasteiger partial charge on any atom is -0.376 e. The fourth-order valence-electron chi connectivity index (χ4n) is 2.67. The average Bonchev–Trinajstić information content (AvgIpc) is 2.79. The van der Waals surface area contributed by atoms with Gasteiger partial charge in [-0.05, 0) is 38.0 Å². The lowest BCUT2D eigenvalue weighted by Gasteiger charge is -2.31. The number of ether oxygens (including phenoxy) is 2. The van der Waals surface area contributed by atoms with Crippen molar-refractivity contribution in [3.8, 4) is 6.07 Å². The van der Waals surface area contributed by atoms with Crippen LogP contribution in [0.15, 0.2) is 0 Å². The molecule has 16 heavy (non-hydrogen) atoms. The van der Waals surface area contributed by atoms with E-state index < -0.39 is 0 Å². The van der Waals surface area contributed by atoms with Gasteiger partial charge in [-0.1, -0.05) is 6.92 Å². The van der Waals surface area contributed by atoms with Crippen molar-refractivity contribution >= 4 is 0 Å². The second-order valence-electron chi connectivity index (χ2n) is 5.16. The molecule has 2 aliphatic rings. The van der Waals surface area contributed by atoms with Gasteiger partial charge in [0.15, 0.2) is 0 Å². The second-order valence-corrected chi connectivity index (χ2v) is 5.16. The maximum atomic E-state index is 9.08. The summed E-state index contributed by atoms with van der Waals surface area (Å²) >= 11 is 0. The van der Waals surface area contributed by atoms with Crippen molar-refractivity contribution in [3.05, 3.63) is 0 Å². The third-order valence-corrected chi connectivity index (χ3v) is 3.74. The van der Waals surface area contributed by atoms with Crippen molar-refractivity contribution in [2.24, 2.45) is 11.8 Å². The van der Waals surface area contributed by atoms with Gasteiger partial charge < -0.3 is 9.47 Å². The zero-order chi connectivity index (χ0) is 11.4. The molecule has 4 atom stereocenters. The van der Waals surface area contributed by atoms with Crippen LogP contribution in [-0.4, -0.2) is 25.4 Å². The second kappa shape index (κ2) is 5.65. The minimum absolute atomic E-state index is 0.0950. The smallest absolute Gasteiger partial charge is 0.0809 e. The third-order valence-electron chi connectivity index (χ3n) is 3.74. The molecule has 2 fully saturated rings.